The van der Waals surface area contributed by atoms with Gasteiger partial charge >= 0.3 is 17.9 Å². The minimum absolute atomic E-state index is 0.0684. The van der Waals surface area contributed by atoms with Crippen LogP contribution >= 0.6 is 0 Å². The summed E-state index contributed by atoms with van der Waals surface area (Å²) in [6.07, 6.45) is 85.2. The van der Waals surface area contributed by atoms with Crippen molar-refractivity contribution in [2.24, 2.45) is 0 Å². The quantitative estimate of drug-likeness (QED) is 0.0261. The second-order valence-corrected chi connectivity index (χ2v) is 24.9. The molecule has 6 nitrogen and oxygen atoms in total. The van der Waals surface area contributed by atoms with Crippen molar-refractivity contribution in [3.63, 3.8) is 0 Å². The van der Waals surface area contributed by atoms with Crippen molar-refractivity contribution >= 4 is 17.9 Å². The molecule has 0 fully saturated rings. The van der Waals surface area contributed by atoms with Crippen molar-refractivity contribution in [2.75, 3.05) is 13.2 Å². The highest BCUT2D eigenvalue weighted by molar-refractivity contribution is 5.71. The molecule has 0 aromatic heterocycles. The van der Waals surface area contributed by atoms with Crippen LogP contribution < -0.4 is 0 Å². The van der Waals surface area contributed by atoms with E-state index in [-0.39, 0.29) is 31.1 Å². The molecule has 0 amide bonds. The van der Waals surface area contributed by atoms with E-state index in [1.54, 1.807) is 0 Å². The van der Waals surface area contributed by atoms with Gasteiger partial charge in [0, 0.05) is 19.3 Å². The first-order valence-corrected chi connectivity index (χ1v) is 36.3. The summed E-state index contributed by atoms with van der Waals surface area (Å²) >= 11 is 0. The van der Waals surface area contributed by atoms with Gasteiger partial charge in [0.15, 0.2) is 6.10 Å². The summed E-state index contributed by atoms with van der Waals surface area (Å²) < 4.78 is 17.0. The number of esters is 3. The van der Waals surface area contributed by atoms with E-state index in [0.29, 0.717) is 19.3 Å². The fourth-order valence-corrected chi connectivity index (χ4v) is 11.2. The zero-order valence-corrected chi connectivity index (χ0v) is 54.4. The van der Waals surface area contributed by atoms with Gasteiger partial charge in [-0.15, -0.1) is 0 Å². The van der Waals surface area contributed by atoms with E-state index in [0.717, 1.165) is 70.6 Å². The van der Waals surface area contributed by atoms with Gasteiger partial charge in [0.2, 0.25) is 0 Å². The second-order valence-electron chi connectivity index (χ2n) is 24.9. The van der Waals surface area contributed by atoms with Crippen molar-refractivity contribution in [1.29, 1.82) is 0 Å². The van der Waals surface area contributed by atoms with Crippen molar-refractivity contribution in [2.45, 2.75) is 419 Å². The molecular weight excluding hydrogens is 985 g/mol. The standard InChI is InChI=1S/C74H140O6/c1-4-7-10-13-16-19-22-25-27-29-31-32-33-34-35-36-37-38-39-40-41-42-43-44-46-47-49-52-55-58-61-64-67-73(76)79-70-71(69-78-72(75)66-63-60-57-54-51-24-21-18-15-12-9-6-3)80-74(77)68-65-62-59-56-53-50-48-45-30-28-26-23-20-17-14-11-8-5-2/h20,23,28,30,71H,4-19,21-22,24-27,29,31-70H2,1-3H3/b23-20-,30-28-. The Hall–Kier alpha value is -2.11. The van der Waals surface area contributed by atoms with Gasteiger partial charge in [-0.3, -0.25) is 14.4 Å². The lowest BCUT2D eigenvalue weighted by molar-refractivity contribution is -0.167. The van der Waals surface area contributed by atoms with E-state index in [1.807, 2.05) is 0 Å². The first-order valence-electron chi connectivity index (χ1n) is 36.3. The highest BCUT2D eigenvalue weighted by atomic mass is 16.6. The highest BCUT2D eigenvalue weighted by Crippen LogP contribution is 2.19. The van der Waals surface area contributed by atoms with Crippen LogP contribution in [0.3, 0.4) is 0 Å². The Morgan fingerprint density at radius 2 is 0.450 bits per heavy atom. The number of rotatable bonds is 68. The van der Waals surface area contributed by atoms with Gasteiger partial charge in [-0.05, 0) is 51.4 Å². The van der Waals surface area contributed by atoms with Gasteiger partial charge in [0.1, 0.15) is 13.2 Å². The van der Waals surface area contributed by atoms with Crippen LogP contribution in [0.5, 0.6) is 0 Å². The maximum atomic E-state index is 12.9. The molecule has 0 aliphatic carbocycles. The molecule has 0 saturated carbocycles. The fraction of sp³-hybridized carbons (Fsp3) is 0.905. The molecule has 0 N–H and O–H groups in total. The molecule has 1 atom stereocenters. The molecule has 80 heavy (non-hydrogen) atoms. The molecule has 0 spiro atoms. The molecule has 472 valence electrons. The van der Waals surface area contributed by atoms with Gasteiger partial charge < -0.3 is 14.2 Å². The zero-order chi connectivity index (χ0) is 57.8. The number of carbonyl (C=O) groups is 3. The topological polar surface area (TPSA) is 78.9 Å². The van der Waals surface area contributed by atoms with Crippen LogP contribution in [0.4, 0.5) is 0 Å². The van der Waals surface area contributed by atoms with Crippen molar-refractivity contribution < 1.29 is 28.6 Å². The van der Waals surface area contributed by atoms with E-state index in [4.69, 9.17) is 14.2 Å². The summed E-state index contributed by atoms with van der Waals surface area (Å²) in [5, 5.41) is 0. The summed E-state index contributed by atoms with van der Waals surface area (Å²) in [7, 11) is 0. The first-order chi connectivity index (χ1) is 39.5. The van der Waals surface area contributed by atoms with Crippen LogP contribution in [0.15, 0.2) is 24.3 Å². The molecule has 0 aromatic carbocycles. The molecule has 0 aliphatic rings. The van der Waals surface area contributed by atoms with Crippen LogP contribution in [0.2, 0.25) is 0 Å². The zero-order valence-electron chi connectivity index (χ0n) is 54.4. The third kappa shape index (κ3) is 66.7. The van der Waals surface area contributed by atoms with Crippen molar-refractivity contribution in [3.05, 3.63) is 24.3 Å². The minimum Gasteiger partial charge on any atom is -0.462 e. The maximum Gasteiger partial charge on any atom is 0.306 e. The van der Waals surface area contributed by atoms with Gasteiger partial charge in [-0.1, -0.05) is 366 Å². The smallest absolute Gasteiger partial charge is 0.306 e. The Balaban J connectivity index is 4.09. The predicted octanol–water partition coefficient (Wildman–Crippen LogP) is 25.0. The van der Waals surface area contributed by atoms with Crippen LogP contribution in [-0.4, -0.2) is 37.2 Å². The Bertz CT molecular complexity index is 1290. The van der Waals surface area contributed by atoms with Gasteiger partial charge in [-0.2, -0.15) is 0 Å². The molecule has 0 heterocycles. The number of ether oxygens (including phenoxy) is 3. The summed E-state index contributed by atoms with van der Waals surface area (Å²) in [6, 6.07) is 0. The molecule has 0 aromatic rings. The van der Waals surface area contributed by atoms with Crippen molar-refractivity contribution in [1.82, 2.24) is 0 Å². The van der Waals surface area contributed by atoms with Crippen molar-refractivity contribution in [3.8, 4) is 0 Å². The number of hydrogen-bond acceptors (Lipinski definition) is 6. The Morgan fingerprint density at radius 1 is 0.250 bits per heavy atom. The Morgan fingerprint density at radius 3 is 0.700 bits per heavy atom. The average molecular weight is 1130 g/mol. The minimum atomic E-state index is -0.772. The average Bonchev–Trinajstić information content (AvgIpc) is 3.46. The summed E-state index contributed by atoms with van der Waals surface area (Å²) in [4.78, 5) is 38.4. The van der Waals surface area contributed by atoms with Crippen LogP contribution in [0.1, 0.15) is 412 Å². The van der Waals surface area contributed by atoms with Gasteiger partial charge in [0.05, 0.1) is 0 Å². The molecule has 0 saturated heterocycles. The van der Waals surface area contributed by atoms with Gasteiger partial charge in [-0.25, -0.2) is 0 Å². The number of allylic oxidation sites excluding steroid dienone is 4. The number of unbranched alkanes of at least 4 members (excludes halogenated alkanes) is 53. The molecule has 1 unspecified atom stereocenters. The highest BCUT2D eigenvalue weighted by Gasteiger charge is 2.19. The lowest BCUT2D eigenvalue weighted by atomic mass is 10.0. The second kappa shape index (κ2) is 69.4. The molecular formula is C74H140O6. The lowest BCUT2D eigenvalue weighted by Gasteiger charge is -2.18. The monoisotopic (exact) mass is 1130 g/mol. The Labute approximate surface area is 500 Å². The Kier molecular flexibility index (Phi) is 67.6. The predicted molar refractivity (Wildman–Crippen MR) is 349 cm³/mol. The van der Waals surface area contributed by atoms with E-state index < -0.39 is 6.10 Å². The molecule has 0 bridgehead atoms. The third-order valence-corrected chi connectivity index (χ3v) is 16.7. The number of hydrogen-bond donors (Lipinski definition) is 0. The van der Waals surface area contributed by atoms with E-state index in [2.05, 4.69) is 45.1 Å². The molecule has 0 aliphatic heterocycles. The molecule has 0 radical (unpaired) electrons. The lowest BCUT2D eigenvalue weighted by Crippen LogP contribution is -2.30. The maximum absolute atomic E-state index is 12.9. The normalized spacial score (nSPS) is 12.1. The summed E-state index contributed by atoms with van der Waals surface area (Å²) in [5.41, 5.74) is 0. The van der Waals surface area contributed by atoms with Crippen LogP contribution in [0, 0.1) is 0 Å². The SMILES string of the molecule is CCCCCC/C=C\C/C=C\CCCCCCCCCC(=O)OC(COC(=O)CCCCCCCCCCCCCC)COC(=O)CCCCCCCCCCCCCCCCCCCCCCCCCCCCCCCCCC. The summed E-state index contributed by atoms with van der Waals surface area (Å²) in [5.74, 6) is -0.846. The molecule has 6 heteroatoms. The fourth-order valence-electron chi connectivity index (χ4n) is 11.2. The first kappa shape index (κ1) is 77.9. The summed E-state index contributed by atoms with van der Waals surface area (Å²) in [6.45, 7) is 6.69. The third-order valence-electron chi connectivity index (χ3n) is 16.7. The number of carbonyl (C=O) groups excluding carboxylic acids is 3. The largest absolute Gasteiger partial charge is 0.462 e. The van der Waals surface area contributed by atoms with E-state index in [1.165, 1.54) is 302 Å². The van der Waals surface area contributed by atoms with E-state index in [9.17, 15) is 14.4 Å². The van der Waals surface area contributed by atoms with E-state index >= 15 is 0 Å². The molecule has 0 rings (SSSR count). The van der Waals surface area contributed by atoms with Gasteiger partial charge in [0.25, 0.3) is 0 Å². The van der Waals surface area contributed by atoms with Crippen LogP contribution in [0.25, 0.3) is 0 Å². The van der Waals surface area contributed by atoms with Crippen LogP contribution in [-0.2, 0) is 28.6 Å².